The maximum absolute atomic E-state index is 12.4. The molecule has 7 nitrogen and oxygen atoms in total. The minimum absolute atomic E-state index is 0.184. The van der Waals surface area contributed by atoms with Crippen LogP contribution in [0, 0.1) is 0 Å². The minimum Gasteiger partial charge on any atom is -0.369 e. The number of benzene rings is 1. The Bertz CT molecular complexity index is 982. The van der Waals surface area contributed by atoms with Crippen molar-refractivity contribution in [3.63, 3.8) is 0 Å². The van der Waals surface area contributed by atoms with Crippen LogP contribution >= 0.6 is 11.6 Å². The number of hydrogen-bond acceptors (Lipinski definition) is 4. The average Bonchev–Trinajstić information content (AvgIpc) is 2.82. The first kappa shape index (κ1) is 14.4. The predicted molar refractivity (Wildman–Crippen MR) is 85.2 cm³/mol. The first-order chi connectivity index (χ1) is 10.4. The van der Waals surface area contributed by atoms with Gasteiger partial charge in [-0.3, -0.25) is 13.9 Å². The first-order valence-electron chi connectivity index (χ1n) is 6.56. The number of anilines is 1. The van der Waals surface area contributed by atoms with Crippen LogP contribution in [0.1, 0.15) is 5.56 Å². The molecule has 2 heterocycles. The Hall–Kier alpha value is -2.54. The van der Waals surface area contributed by atoms with Crippen LogP contribution in [0.4, 0.5) is 5.95 Å². The van der Waals surface area contributed by atoms with Crippen LogP contribution in [0.3, 0.4) is 0 Å². The molecule has 2 N–H and O–H groups in total. The topological polar surface area (TPSA) is 87.8 Å². The second kappa shape index (κ2) is 5.03. The minimum atomic E-state index is -0.436. The van der Waals surface area contributed by atoms with Crippen LogP contribution in [0.25, 0.3) is 11.2 Å². The fourth-order valence-corrected chi connectivity index (χ4v) is 2.52. The lowest BCUT2D eigenvalue weighted by molar-refractivity contribution is 0.702. The maximum Gasteiger partial charge on any atom is 0.332 e. The zero-order valence-electron chi connectivity index (χ0n) is 12.1. The Morgan fingerprint density at radius 2 is 1.77 bits per heavy atom. The van der Waals surface area contributed by atoms with Gasteiger partial charge in [-0.25, -0.2) is 4.79 Å². The third-order valence-electron chi connectivity index (χ3n) is 3.63. The molecule has 22 heavy (non-hydrogen) atoms. The van der Waals surface area contributed by atoms with Crippen LogP contribution < -0.4 is 17.0 Å². The summed E-state index contributed by atoms with van der Waals surface area (Å²) >= 11 is 5.87. The van der Waals surface area contributed by atoms with E-state index >= 15 is 0 Å². The Morgan fingerprint density at radius 3 is 2.41 bits per heavy atom. The molecule has 0 aliphatic carbocycles. The van der Waals surface area contributed by atoms with Gasteiger partial charge in [0, 0.05) is 19.1 Å². The van der Waals surface area contributed by atoms with Gasteiger partial charge < -0.3 is 10.3 Å². The molecule has 0 aliphatic heterocycles. The number of imidazole rings is 1. The van der Waals surface area contributed by atoms with E-state index in [0.29, 0.717) is 17.1 Å². The van der Waals surface area contributed by atoms with Gasteiger partial charge in [0.15, 0.2) is 11.2 Å². The van der Waals surface area contributed by atoms with Crippen molar-refractivity contribution in [2.45, 2.75) is 6.54 Å². The third kappa shape index (κ3) is 2.10. The van der Waals surface area contributed by atoms with E-state index in [0.717, 1.165) is 10.1 Å². The maximum atomic E-state index is 12.4. The van der Waals surface area contributed by atoms with E-state index in [2.05, 4.69) is 4.98 Å². The van der Waals surface area contributed by atoms with E-state index in [1.807, 2.05) is 12.1 Å². The number of aryl methyl sites for hydroxylation is 1. The average molecular weight is 320 g/mol. The lowest BCUT2D eigenvalue weighted by Gasteiger charge is -2.08. The molecule has 0 radical (unpaired) electrons. The van der Waals surface area contributed by atoms with E-state index in [9.17, 15) is 9.59 Å². The van der Waals surface area contributed by atoms with E-state index in [4.69, 9.17) is 17.3 Å². The molecular weight excluding hydrogens is 306 g/mol. The lowest BCUT2D eigenvalue weighted by atomic mass is 10.2. The molecule has 8 heteroatoms. The highest BCUT2D eigenvalue weighted by Crippen LogP contribution is 2.16. The molecule has 0 bridgehead atoms. The van der Waals surface area contributed by atoms with Gasteiger partial charge in [-0.15, -0.1) is 0 Å². The van der Waals surface area contributed by atoms with E-state index in [1.54, 1.807) is 23.7 Å². The van der Waals surface area contributed by atoms with Crippen molar-refractivity contribution in [2.75, 3.05) is 5.73 Å². The van der Waals surface area contributed by atoms with Crippen molar-refractivity contribution in [1.29, 1.82) is 0 Å². The van der Waals surface area contributed by atoms with E-state index < -0.39 is 11.2 Å². The molecule has 0 saturated heterocycles. The van der Waals surface area contributed by atoms with Crippen molar-refractivity contribution in [3.8, 4) is 0 Å². The van der Waals surface area contributed by atoms with E-state index in [1.165, 1.54) is 11.6 Å². The van der Waals surface area contributed by atoms with Crippen molar-refractivity contribution in [3.05, 3.63) is 55.7 Å². The molecule has 0 spiro atoms. The van der Waals surface area contributed by atoms with Gasteiger partial charge in [0.2, 0.25) is 5.95 Å². The Morgan fingerprint density at radius 1 is 1.14 bits per heavy atom. The molecule has 3 aromatic rings. The highest BCUT2D eigenvalue weighted by atomic mass is 35.5. The highest BCUT2D eigenvalue weighted by molar-refractivity contribution is 6.30. The van der Waals surface area contributed by atoms with Gasteiger partial charge >= 0.3 is 5.69 Å². The fourth-order valence-electron chi connectivity index (χ4n) is 2.40. The molecule has 3 rings (SSSR count). The largest absolute Gasteiger partial charge is 0.369 e. The monoisotopic (exact) mass is 319 g/mol. The summed E-state index contributed by atoms with van der Waals surface area (Å²) in [6, 6.07) is 7.22. The number of nitrogen functional groups attached to an aromatic ring is 1. The first-order valence-corrected chi connectivity index (χ1v) is 6.94. The van der Waals surface area contributed by atoms with Crippen LogP contribution in [-0.2, 0) is 20.6 Å². The molecule has 0 amide bonds. The molecule has 0 atom stereocenters. The third-order valence-corrected chi connectivity index (χ3v) is 3.88. The molecule has 0 fully saturated rings. The number of nitrogens with zero attached hydrogens (tertiary/aromatic N) is 4. The van der Waals surface area contributed by atoms with Crippen molar-refractivity contribution >= 4 is 28.7 Å². The second-order valence-corrected chi connectivity index (χ2v) is 5.50. The Labute approximate surface area is 130 Å². The van der Waals surface area contributed by atoms with Crippen molar-refractivity contribution < 1.29 is 0 Å². The van der Waals surface area contributed by atoms with Gasteiger partial charge in [0.1, 0.15) is 0 Å². The second-order valence-electron chi connectivity index (χ2n) is 5.06. The van der Waals surface area contributed by atoms with E-state index in [-0.39, 0.29) is 11.6 Å². The van der Waals surface area contributed by atoms with Crippen molar-refractivity contribution in [2.24, 2.45) is 14.1 Å². The SMILES string of the molecule is Cn1c(=O)c2c(nc(N)n2Cc2ccc(Cl)cc2)n(C)c1=O. The summed E-state index contributed by atoms with van der Waals surface area (Å²) in [7, 11) is 2.99. The van der Waals surface area contributed by atoms with Gasteiger partial charge in [-0.05, 0) is 17.7 Å². The number of rotatable bonds is 2. The summed E-state index contributed by atoms with van der Waals surface area (Å²) in [5.41, 5.74) is 6.58. The predicted octanol–water partition coefficient (Wildman–Crippen LogP) is 0.718. The van der Waals surface area contributed by atoms with Crippen LogP contribution in [0.5, 0.6) is 0 Å². The highest BCUT2D eigenvalue weighted by Gasteiger charge is 2.17. The molecular formula is C14H14ClN5O2. The quantitative estimate of drug-likeness (QED) is 0.754. The zero-order valence-corrected chi connectivity index (χ0v) is 12.8. The Balaban J connectivity index is 2.26. The molecule has 0 saturated carbocycles. The summed E-state index contributed by atoms with van der Waals surface area (Å²) in [6.45, 7) is 0.368. The zero-order chi connectivity index (χ0) is 16.0. The molecule has 114 valence electrons. The van der Waals surface area contributed by atoms with Crippen LogP contribution in [0.2, 0.25) is 5.02 Å². The number of halogens is 1. The Kier molecular flexibility index (Phi) is 3.29. The lowest BCUT2D eigenvalue weighted by Crippen LogP contribution is -2.37. The molecule has 2 aromatic heterocycles. The molecule has 0 aliphatic rings. The van der Waals surface area contributed by atoms with Crippen LogP contribution in [-0.4, -0.2) is 18.7 Å². The van der Waals surface area contributed by atoms with Crippen molar-refractivity contribution in [1.82, 2.24) is 18.7 Å². The summed E-state index contributed by atoms with van der Waals surface area (Å²) in [5.74, 6) is 0.184. The van der Waals surface area contributed by atoms with Crippen LogP contribution in [0.15, 0.2) is 33.9 Å². The molecule has 1 aromatic carbocycles. The standard InChI is InChI=1S/C14H14ClN5O2/c1-18-11-10(12(21)19(2)14(18)22)20(13(16)17-11)7-8-3-5-9(15)6-4-8/h3-6H,7H2,1-2H3,(H2,16,17). The summed E-state index contributed by atoms with van der Waals surface area (Å²) < 4.78 is 3.95. The summed E-state index contributed by atoms with van der Waals surface area (Å²) in [6.07, 6.45) is 0. The number of aromatic nitrogens is 4. The number of hydrogen-bond donors (Lipinski definition) is 1. The normalized spacial score (nSPS) is 11.2. The number of fused-ring (bicyclic) bond motifs is 1. The van der Waals surface area contributed by atoms with Gasteiger partial charge in [-0.1, -0.05) is 23.7 Å². The molecule has 0 unspecified atom stereocenters. The van der Waals surface area contributed by atoms with Gasteiger partial charge in [0.05, 0.1) is 6.54 Å². The number of nitrogens with two attached hydrogens (primary N) is 1. The summed E-state index contributed by atoms with van der Waals surface area (Å²) in [4.78, 5) is 28.5. The summed E-state index contributed by atoms with van der Waals surface area (Å²) in [5, 5.41) is 0.630. The smallest absolute Gasteiger partial charge is 0.332 e. The van der Waals surface area contributed by atoms with Gasteiger partial charge in [-0.2, -0.15) is 4.98 Å². The fraction of sp³-hybridized carbons (Fsp3) is 0.214. The van der Waals surface area contributed by atoms with Gasteiger partial charge in [0.25, 0.3) is 5.56 Å².